The SMILES string of the molecule is O=C(NCCc1ccc(C(F)(F)F)cc1)c1ccc(F)c(S(=O)(=O)N2CCOCC2)c1. The zero-order valence-corrected chi connectivity index (χ0v) is 17.1. The Morgan fingerprint density at radius 2 is 1.71 bits per heavy atom. The van der Waals surface area contributed by atoms with Crippen molar-refractivity contribution in [3.63, 3.8) is 0 Å². The van der Waals surface area contributed by atoms with E-state index in [0.29, 0.717) is 5.56 Å². The van der Waals surface area contributed by atoms with Crippen LogP contribution >= 0.6 is 0 Å². The lowest BCUT2D eigenvalue weighted by molar-refractivity contribution is -0.137. The number of carbonyl (C=O) groups is 1. The van der Waals surface area contributed by atoms with Crippen molar-refractivity contribution >= 4 is 15.9 Å². The van der Waals surface area contributed by atoms with Crippen LogP contribution < -0.4 is 5.32 Å². The van der Waals surface area contributed by atoms with Crippen LogP contribution in [0.3, 0.4) is 0 Å². The van der Waals surface area contributed by atoms with Gasteiger partial charge in [-0.25, -0.2) is 12.8 Å². The fourth-order valence-electron chi connectivity index (χ4n) is 3.05. The number of benzene rings is 2. The Morgan fingerprint density at radius 1 is 1.06 bits per heavy atom. The first-order valence-corrected chi connectivity index (χ1v) is 10.8. The molecule has 168 valence electrons. The minimum absolute atomic E-state index is 0.0411. The third-order valence-corrected chi connectivity index (χ3v) is 6.68. The fourth-order valence-corrected chi connectivity index (χ4v) is 4.55. The van der Waals surface area contributed by atoms with Gasteiger partial charge in [-0.05, 0) is 42.3 Å². The molecule has 1 aliphatic heterocycles. The number of hydrogen-bond acceptors (Lipinski definition) is 4. The van der Waals surface area contributed by atoms with E-state index in [1.807, 2.05) is 0 Å². The molecule has 0 atom stereocenters. The van der Waals surface area contributed by atoms with Gasteiger partial charge in [-0.2, -0.15) is 17.5 Å². The summed E-state index contributed by atoms with van der Waals surface area (Å²) in [6.45, 7) is 0.680. The molecule has 1 aliphatic rings. The van der Waals surface area contributed by atoms with E-state index >= 15 is 0 Å². The van der Waals surface area contributed by atoms with Crippen molar-refractivity contribution in [1.29, 1.82) is 0 Å². The molecule has 1 saturated heterocycles. The van der Waals surface area contributed by atoms with Gasteiger partial charge in [0, 0.05) is 25.2 Å². The first-order valence-electron chi connectivity index (χ1n) is 9.41. The van der Waals surface area contributed by atoms with Gasteiger partial charge in [0.05, 0.1) is 18.8 Å². The average Bonchev–Trinajstić information content (AvgIpc) is 2.74. The van der Waals surface area contributed by atoms with Crippen molar-refractivity contribution in [1.82, 2.24) is 9.62 Å². The van der Waals surface area contributed by atoms with Crippen LogP contribution in [0.2, 0.25) is 0 Å². The summed E-state index contributed by atoms with van der Waals surface area (Å²) in [5.41, 5.74) is -0.218. The summed E-state index contributed by atoms with van der Waals surface area (Å²) in [7, 11) is -4.12. The third-order valence-electron chi connectivity index (χ3n) is 4.76. The van der Waals surface area contributed by atoms with Gasteiger partial charge in [-0.1, -0.05) is 12.1 Å². The summed E-state index contributed by atoms with van der Waals surface area (Å²) in [5.74, 6) is -1.59. The zero-order chi connectivity index (χ0) is 22.6. The number of nitrogens with one attached hydrogen (secondary N) is 1. The molecule has 0 radical (unpaired) electrons. The van der Waals surface area contributed by atoms with E-state index in [-0.39, 0.29) is 44.8 Å². The molecule has 1 amide bonds. The lowest BCUT2D eigenvalue weighted by atomic mass is 10.1. The molecule has 0 bridgehead atoms. The van der Waals surface area contributed by atoms with Gasteiger partial charge in [0.1, 0.15) is 10.7 Å². The van der Waals surface area contributed by atoms with E-state index in [0.717, 1.165) is 28.6 Å². The van der Waals surface area contributed by atoms with Crippen LogP contribution in [-0.4, -0.2) is 51.5 Å². The number of alkyl halides is 3. The Kier molecular flexibility index (Phi) is 6.97. The molecule has 0 spiro atoms. The predicted molar refractivity (Wildman–Crippen MR) is 103 cm³/mol. The topological polar surface area (TPSA) is 75.7 Å². The van der Waals surface area contributed by atoms with E-state index in [2.05, 4.69) is 5.32 Å². The van der Waals surface area contributed by atoms with Crippen LogP contribution in [0.5, 0.6) is 0 Å². The summed E-state index contributed by atoms with van der Waals surface area (Å²) < 4.78 is 83.6. The maximum atomic E-state index is 14.2. The summed E-state index contributed by atoms with van der Waals surface area (Å²) in [6, 6.07) is 7.62. The molecule has 2 aromatic carbocycles. The summed E-state index contributed by atoms with van der Waals surface area (Å²) in [6.07, 6.45) is -4.15. The Hall–Kier alpha value is -2.50. The van der Waals surface area contributed by atoms with Crippen molar-refractivity contribution in [2.75, 3.05) is 32.8 Å². The van der Waals surface area contributed by atoms with E-state index in [1.165, 1.54) is 18.2 Å². The van der Waals surface area contributed by atoms with Crippen LogP contribution in [0.1, 0.15) is 21.5 Å². The standard InChI is InChI=1S/C20H20F4N2O4S/c21-17-6-3-15(13-18(17)31(28,29)26-9-11-30-12-10-26)19(27)25-8-7-14-1-4-16(5-2-14)20(22,23)24/h1-6,13H,7-12H2,(H,25,27). The lowest BCUT2D eigenvalue weighted by Crippen LogP contribution is -2.41. The minimum Gasteiger partial charge on any atom is -0.379 e. The molecule has 0 unspecified atom stereocenters. The van der Waals surface area contributed by atoms with Crippen molar-refractivity contribution in [2.45, 2.75) is 17.5 Å². The van der Waals surface area contributed by atoms with Gasteiger partial charge in [-0.15, -0.1) is 0 Å². The second kappa shape index (κ2) is 9.33. The highest BCUT2D eigenvalue weighted by molar-refractivity contribution is 7.89. The van der Waals surface area contributed by atoms with Gasteiger partial charge in [-0.3, -0.25) is 4.79 Å². The highest BCUT2D eigenvalue weighted by Gasteiger charge is 2.30. The molecule has 1 N–H and O–H groups in total. The maximum Gasteiger partial charge on any atom is 0.416 e. The number of sulfonamides is 1. The monoisotopic (exact) mass is 460 g/mol. The molecule has 1 fully saturated rings. The van der Waals surface area contributed by atoms with Gasteiger partial charge < -0.3 is 10.1 Å². The van der Waals surface area contributed by atoms with E-state index < -0.39 is 38.4 Å². The number of carbonyl (C=O) groups excluding carboxylic acids is 1. The van der Waals surface area contributed by atoms with Crippen molar-refractivity contribution in [2.24, 2.45) is 0 Å². The predicted octanol–water partition coefficient (Wildman–Crippen LogP) is 2.84. The summed E-state index contributed by atoms with van der Waals surface area (Å²) in [4.78, 5) is 11.8. The number of halogens is 4. The Labute approximate surface area is 176 Å². The first-order chi connectivity index (χ1) is 14.6. The van der Waals surface area contributed by atoms with Crippen LogP contribution in [0, 0.1) is 5.82 Å². The minimum atomic E-state index is -4.42. The fraction of sp³-hybridized carbons (Fsp3) is 0.350. The molecule has 1 heterocycles. The zero-order valence-electron chi connectivity index (χ0n) is 16.3. The number of amides is 1. The van der Waals surface area contributed by atoms with Crippen LogP contribution in [0.4, 0.5) is 17.6 Å². The molecule has 11 heteroatoms. The Balaban J connectivity index is 1.65. The smallest absolute Gasteiger partial charge is 0.379 e. The lowest BCUT2D eigenvalue weighted by Gasteiger charge is -2.26. The Morgan fingerprint density at radius 3 is 2.32 bits per heavy atom. The Bertz CT molecular complexity index is 1030. The van der Waals surface area contributed by atoms with Gasteiger partial charge in [0.2, 0.25) is 10.0 Å². The number of nitrogens with zero attached hydrogens (tertiary/aromatic N) is 1. The summed E-state index contributed by atoms with van der Waals surface area (Å²) >= 11 is 0. The normalized spacial score (nSPS) is 15.6. The van der Waals surface area contributed by atoms with Crippen molar-refractivity contribution < 1.29 is 35.5 Å². The maximum absolute atomic E-state index is 14.2. The second-order valence-electron chi connectivity index (χ2n) is 6.86. The molecule has 0 aliphatic carbocycles. The van der Waals surface area contributed by atoms with Crippen LogP contribution in [0.25, 0.3) is 0 Å². The van der Waals surface area contributed by atoms with Gasteiger partial charge >= 0.3 is 6.18 Å². The number of morpholine rings is 1. The number of ether oxygens (including phenoxy) is 1. The second-order valence-corrected chi connectivity index (χ2v) is 8.77. The average molecular weight is 460 g/mol. The molecule has 0 saturated carbocycles. The van der Waals surface area contributed by atoms with E-state index in [9.17, 15) is 30.8 Å². The summed E-state index contributed by atoms with van der Waals surface area (Å²) in [5, 5.41) is 2.56. The number of rotatable bonds is 6. The molecule has 31 heavy (non-hydrogen) atoms. The molecular formula is C20H20F4N2O4S. The van der Waals surface area contributed by atoms with E-state index in [1.54, 1.807) is 0 Å². The highest BCUT2D eigenvalue weighted by atomic mass is 32.2. The van der Waals surface area contributed by atoms with Crippen LogP contribution in [0.15, 0.2) is 47.4 Å². The van der Waals surface area contributed by atoms with Crippen molar-refractivity contribution in [3.05, 3.63) is 65.0 Å². The molecule has 2 aromatic rings. The van der Waals surface area contributed by atoms with E-state index in [4.69, 9.17) is 4.74 Å². The number of hydrogen-bond donors (Lipinski definition) is 1. The highest BCUT2D eigenvalue weighted by Crippen LogP contribution is 2.29. The quantitative estimate of drug-likeness (QED) is 0.673. The first kappa shape index (κ1) is 23.2. The van der Waals surface area contributed by atoms with Gasteiger partial charge in [0.15, 0.2) is 0 Å². The van der Waals surface area contributed by atoms with Crippen LogP contribution in [-0.2, 0) is 27.4 Å². The van der Waals surface area contributed by atoms with Gasteiger partial charge in [0.25, 0.3) is 5.91 Å². The molecule has 6 nitrogen and oxygen atoms in total. The largest absolute Gasteiger partial charge is 0.416 e. The molecule has 3 rings (SSSR count). The van der Waals surface area contributed by atoms with Crippen molar-refractivity contribution in [3.8, 4) is 0 Å². The third kappa shape index (κ3) is 5.60. The molecule has 0 aromatic heterocycles. The molecular weight excluding hydrogens is 440 g/mol.